The SMILES string of the molecule is COc1ccc(S(=O)(=O)Nc2ccc(Cl)nc2I)cc1. The first-order valence-corrected chi connectivity index (χ1v) is 8.35. The second kappa shape index (κ2) is 6.15. The quantitative estimate of drug-likeness (QED) is 0.605. The Morgan fingerprint density at radius 3 is 2.40 bits per heavy atom. The standard InChI is InChI=1S/C12H10ClIN2O3S/c1-19-8-2-4-9(5-3-8)20(17,18)16-10-6-7-11(13)15-12(10)14/h2-7,16H,1H3. The number of rotatable bonds is 4. The number of methoxy groups -OCH3 is 1. The lowest BCUT2D eigenvalue weighted by Gasteiger charge is -2.10. The molecular weight excluding hydrogens is 415 g/mol. The topological polar surface area (TPSA) is 68.3 Å². The van der Waals surface area contributed by atoms with Crippen LogP contribution in [0, 0.1) is 3.70 Å². The summed E-state index contributed by atoms with van der Waals surface area (Å²) in [5.41, 5.74) is 0.380. The summed E-state index contributed by atoms with van der Waals surface area (Å²) in [4.78, 5) is 4.13. The highest BCUT2D eigenvalue weighted by molar-refractivity contribution is 14.1. The Balaban J connectivity index is 2.30. The molecule has 0 unspecified atom stereocenters. The third kappa shape index (κ3) is 3.53. The van der Waals surface area contributed by atoms with Crippen LogP contribution in [0.1, 0.15) is 0 Å². The monoisotopic (exact) mass is 424 g/mol. The third-order valence-electron chi connectivity index (χ3n) is 2.43. The Morgan fingerprint density at radius 2 is 1.85 bits per heavy atom. The maximum atomic E-state index is 12.2. The fourth-order valence-corrected chi connectivity index (χ4v) is 3.56. The van der Waals surface area contributed by atoms with E-state index in [1.807, 2.05) is 22.6 Å². The summed E-state index contributed by atoms with van der Waals surface area (Å²) in [7, 11) is -2.15. The molecule has 1 N–H and O–H groups in total. The molecule has 0 radical (unpaired) electrons. The number of anilines is 1. The van der Waals surface area contributed by atoms with E-state index in [1.54, 1.807) is 18.2 Å². The number of hydrogen-bond donors (Lipinski definition) is 1. The minimum atomic E-state index is -3.67. The Labute approximate surface area is 135 Å². The summed E-state index contributed by atoms with van der Waals surface area (Å²) in [6, 6.07) is 9.20. The van der Waals surface area contributed by atoms with Crippen molar-refractivity contribution in [3.8, 4) is 5.75 Å². The number of nitrogens with one attached hydrogen (secondary N) is 1. The maximum Gasteiger partial charge on any atom is 0.261 e. The molecule has 2 aromatic rings. The number of hydrogen-bond acceptors (Lipinski definition) is 4. The van der Waals surface area contributed by atoms with Crippen molar-refractivity contribution < 1.29 is 13.2 Å². The van der Waals surface area contributed by atoms with Gasteiger partial charge in [0.1, 0.15) is 14.6 Å². The second-order valence-electron chi connectivity index (χ2n) is 3.75. The average molecular weight is 425 g/mol. The van der Waals surface area contributed by atoms with Crippen LogP contribution in [-0.4, -0.2) is 20.5 Å². The van der Waals surface area contributed by atoms with Crippen LogP contribution >= 0.6 is 34.2 Å². The molecule has 0 amide bonds. The predicted octanol–water partition coefficient (Wildman–Crippen LogP) is 3.15. The number of nitrogens with zero attached hydrogens (tertiary/aromatic N) is 1. The van der Waals surface area contributed by atoms with Crippen LogP contribution in [0.25, 0.3) is 0 Å². The summed E-state index contributed by atoms with van der Waals surface area (Å²) in [6.45, 7) is 0. The van der Waals surface area contributed by atoms with E-state index < -0.39 is 10.0 Å². The number of benzene rings is 1. The van der Waals surface area contributed by atoms with Gasteiger partial charge in [-0.15, -0.1) is 0 Å². The molecule has 0 fully saturated rings. The van der Waals surface area contributed by atoms with Crippen LogP contribution in [0.5, 0.6) is 5.75 Å². The van der Waals surface area contributed by atoms with Gasteiger partial charge in [0.25, 0.3) is 10.0 Å². The predicted molar refractivity (Wildman–Crippen MR) is 85.8 cm³/mol. The van der Waals surface area contributed by atoms with Crippen molar-refractivity contribution in [2.24, 2.45) is 0 Å². The molecule has 0 spiro atoms. The van der Waals surface area contributed by atoms with Crippen molar-refractivity contribution in [2.75, 3.05) is 11.8 Å². The van der Waals surface area contributed by atoms with Crippen LogP contribution in [0.3, 0.4) is 0 Å². The summed E-state index contributed by atoms with van der Waals surface area (Å²) in [6.07, 6.45) is 0. The maximum absolute atomic E-state index is 12.2. The summed E-state index contributed by atoms with van der Waals surface area (Å²) >= 11 is 7.65. The van der Waals surface area contributed by atoms with E-state index in [0.717, 1.165) is 0 Å². The van der Waals surface area contributed by atoms with Gasteiger partial charge < -0.3 is 4.74 Å². The molecular formula is C12H10ClIN2O3S. The van der Waals surface area contributed by atoms with Gasteiger partial charge in [-0.05, 0) is 59.0 Å². The Morgan fingerprint density at radius 1 is 1.20 bits per heavy atom. The van der Waals surface area contributed by atoms with E-state index in [1.165, 1.54) is 25.3 Å². The first-order chi connectivity index (χ1) is 9.42. The first-order valence-electron chi connectivity index (χ1n) is 5.41. The molecule has 1 heterocycles. The largest absolute Gasteiger partial charge is 0.497 e. The third-order valence-corrected chi connectivity index (χ3v) is 4.84. The molecule has 0 aliphatic carbocycles. The second-order valence-corrected chi connectivity index (χ2v) is 6.84. The number of halogens is 2. The number of pyridine rings is 1. The lowest BCUT2D eigenvalue weighted by molar-refractivity contribution is 0.414. The number of ether oxygens (including phenoxy) is 1. The van der Waals surface area contributed by atoms with Crippen LogP contribution < -0.4 is 9.46 Å². The van der Waals surface area contributed by atoms with E-state index in [2.05, 4.69) is 9.71 Å². The molecule has 0 bridgehead atoms. The van der Waals surface area contributed by atoms with Gasteiger partial charge in [-0.25, -0.2) is 13.4 Å². The zero-order valence-corrected chi connectivity index (χ0v) is 14.0. The molecule has 1 aromatic heterocycles. The van der Waals surface area contributed by atoms with Gasteiger partial charge in [0.15, 0.2) is 0 Å². The molecule has 0 aliphatic heterocycles. The van der Waals surface area contributed by atoms with E-state index in [9.17, 15) is 8.42 Å². The molecule has 106 valence electrons. The molecule has 5 nitrogen and oxygen atoms in total. The normalized spacial score (nSPS) is 11.2. The number of aromatic nitrogens is 1. The summed E-state index contributed by atoms with van der Waals surface area (Å²) < 4.78 is 32.4. The van der Waals surface area contributed by atoms with Crippen molar-refractivity contribution >= 4 is 49.9 Å². The van der Waals surface area contributed by atoms with E-state index in [4.69, 9.17) is 16.3 Å². The highest BCUT2D eigenvalue weighted by Gasteiger charge is 2.16. The van der Waals surface area contributed by atoms with Crippen molar-refractivity contribution in [1.29, 1.82) is 0 Å². The van der Waals surface area contributed by atoms with Crippen LogP contribution in [0.15, 0.2) is 41.3 Å². The Kier molecular flexibility index (Phi) is 4.71. The van der Waals surface area contributed by atoms with Crippen molar-refractivity contribution in [3.63, 3.8) is 0 Å². The minimum absolute atomic E-state index is 0.143. The first kappa shape index (κ1) is 15.3. The van der Waals surface area contributed by atoms with Gasteiger partial charge in [-0.3, -0.25) is 4.72 Å². The molecule has 20 heavy (non-hydrogen) atoms. The fraction of sp³-hybridized carbons (Fsp3) is 0.0833. The number of sulfonamides is 1. The van der Waals surface area contributed by atoms with Gasteiger partial charge in [-0.1, -0.05) is 11.6 Å². The van der Waals surface area contributed by atoms with Crippen molar-refractivity contribution in [1.82, 2.24) is 4.98 Å². The highest BCUT2D eigenvalue weighted by atomic mass is 127. The van der Waals surface area contributed by atoms with E-state index in [0.29, 0.717) is 20.3 Å². The van der Waals surface area contributed by atoms with Crippen LogP contribution in [0.2, 0.25) is 5.15 Å². The average Bonchev–Trinajstić information content (AvgIpc) is 2.42. The Bertz CT molecular complexity index is 720. The van der Waals surface area contributed by atoms with E-state index >= 15 is 0 Å². The Hall–Kier alpha value is -1.06. The molecule has 0 saturated heterocycles. The van der Waals surface area contributed by atoms with Crippen molar-refractivity contribution in [3.05, 3.63) is 45.3 Å². The van der Waals surface area contributed by atoms with Gasteiger partial charge >= 0.3 is 0 Å². The molecule has 0 aliphatic rings. The van der Waals surface area contributed by atoms with Gasteiger partial charge in [0.05, 0.1) is 17.7 Å². The smallest absolute Gasteiger partial charge is 0.261 e. The molecule has 8 heteroatoms. The van der Waals surface area contributed by atoms with Gasteiger partial charge in [0, 0.05) is 0 Å². The van der Waals surface area contributed by atoms with Gasteiger partial charge in [0.2, 0.25) is 0 Å². The molecule has 0 atom stereocenters. The molecule has 2 rings (SSSR count). The highest BCUT2D eigenvalue weighted by Crippen LogP contribution is 2.23. The molecule has 0 saturated carbocycles. The lowest BCUT2D eigenvalue weighted by Crippen LogP contribution is -2.14. The van der Waals surface area contributed by atoms with Crippen LogP contribution in [-0.2, 0) is 10.0 Å². The zero-order valence-electron chi connectivity index (χ0n) is 10.3. The fourth-order valence-electron chi connectivity index (χ4n) is 1.45. The zero-order chi connectivity index (χ0) is 14.8. The van der Waals surface area contributed by atoms with Crippen molar-refractivity contribution in [2.45, 2.75) is 4.90 Å². The lowest BCUT2D eigenvalue weighted by atomic mass is 10.3. The van der Waals surface area contributed by atoms with Gasteiger partial charge in [-0.2, -0.15) is 0 Å². The van der Waals surface area contributed by atoms with E-state index in [-0.39, 0.29) is 4.90 Å². The molecule has 1 aromatic carbocycles. The van der Waals surface area contributed by atoms with Crippen LogP contribution in [0.4, 0.5) is 5.69 Å². The summed E-state index contributed by atoms with van der Waals surface area (Å²) in [5.74, 6) is 0.590. The minimum Gasteiger partial charge on any atom is -0.497 e. The summed E-state index contributed by atoms with van der Waals surface area (Å²) in [5, 5.41) is 0.307.